The molecule has 0 bridgehead atoms. The predicted molar refractivity (Wildman–Crippen MR) is 84.0 cm³/mol. The van der Waals surface area contributed by atoms with Gasteiger partial charge >= 0.3 is 0 Å². The molecular weight excluding hydrogens is 294 g/mol. The fourth-order valence-electron chi connectivity index (χ4n) is 2.15. The van der Waals surface area contributed by atoms with Crippen LogP contribution < -0.4 is 15.2 Å². The van der Waals surface area contributed by atoms with E-state index in [-0.39, 0.29) is 6.42 Å². The van der Waals surface area contributed by atoms with Crippen LogP contribution in [-0.2, 0) is 11.2 Å². The lowest BCUT2D eigenvalue weighted by Crippen LogP contribution is -2.49. The summed E-state index contributed by atoms with van der Waals surface area (Å²) in [5, 5.41) is 13.8. The molecule has 0 aliphatic heterocycles. The Balaban J connectivity index is 2.04. The van der Waals surface area contributed by atoms with Crippen molar-refractivity contribution in [1.29, 1.82) is 0 Å². The van der Waals surface area contributed by atoms with Gasteiger partial charge in [-0.25, -0.2) is 0 Å². The zero-order chi connectivity index (χ0) is 16.7. The van der Waals surface area contributed by atoms with Gasteiger partial charge in [-0.3, -0.25) is 4.79 Å². The molecule has 1 N–H and O–H groups in total. The molecule has 0 aromatic heterocycles. The van der Waals surface area contributed by atoms with Crippen LogP contribution >= 0.6 is 0 Å². The zero-order valence-corrected chi connectivity index (χ0v) is 12.8. The maximum atomic E-state index is 12.2. The molecule has 120 valence electrons. The first kappa shape index (κ1) is 16.5. The number of hydrogen-bond acceptors (Lipinski definition) is 4. The number of nitrogens with one attached hydrogen (secondary N) is 1. The van der Waals surface area contributed by atoms with Crippen LogP contribution in [0.1, 0.15) is 22.8 Å². The van der Waals surface area contributed by atoms with Crippen molar-refractivity contribution in [2.24, 2.45) is 0 Å². The summed E-state index contributed by atoms with van der Waals surface area (Å²) < 4.78 is 5.30. The number of carboxylic acids is 1. The molecule has 5 nitrogen and oxygen atoms in total. The van der Waals surface area contributed by atoms with E-state index in [1.54, 1.807) is 36.4 Å². The molecule has 0 spiro atoms. The topological polar surface area (TPSA) is 78.5 Å². The van der Waals surface area contributed by atoms with Crippen LogP contribution in [0.15, 0.2) is 54.6 Å². The largest absolute Gasteiger partial charge is 0.548 e. The third-order valence-corrected chi connectivity index (χ3v) is 3.30. The zero-order valence-electron chi connectivity index (χ0n) is 12.8. The molecule has 0 fully saturated rings. The third-order valence-electron chi connectivity index (χ3n) is 3.30. The first-order valence-corrected chi connectivity index (χ1v) is 7.38. The van der Waals surface area contributed by atoms with Crippen molar-refractivity contribution < 1.29 is 19.4 Å². The number of hydrogen-bond donors (Lipinski definition) is 1. The van der Waals surface area contributed by atoms with E-state index in [1.807, 2.05) is 25.1 Å². The molecule has 1 amide bonds. The van der Waals surface area contributed by atoms with Crippen molar-refractivity contribution in [3.63, 3.8) is 0 Å². The van der Waals surface area contributed by atoms with Gasteiger partial charge in [0, 0.05) is 5.56 Å². The lowest BCUT2D eigenvalue weighted by molar-refractivity contribution is -0.308. The smallest absolute Gasteiger partial charge is 0.251 e. The molecular formula is C18H18NO4-. The van der Waals surface area contributed by atoms with E-state index < -0.39 is 17.9 Å². The summed E-state index contributed by atoms with van der Waals surface area (Å²) in [5.41, 5.74) is 1.18. The molecule has 0 aliphatic carbocycles. The highest BCUT2D eigenvalue weighted by Gasteiger charge is 2.15. The van der Waals surface area contributed by atoms with Crippen molar-refractivity contribution in [2.45, 2.75) is 19.4 Å². The van der Waals surface area contributed by atoms with E-state index >= 15 is 0 Å². The highest BCUT2D eigenvalue weighted by molar-refractivity contribution is 5.96. The molecule has 23 heavy (non-hydrogen) atoms. The summed E-state index contributed by atoms with van der Waals surface area (Å²) >= 11 is 0. The number of aliphatic carboxylic acids is 1. The predicted octanol–water partition coefficient (Wildman–Crippen LogP) is 1.18. The minimum Gasteiger partial charge on any atom is -0.548 e. The molecule has 2 aromatic carbocycles. The average Bonchev–Trinajstić information content (AvgIpc) is 2.56. The molecule has 5 heteroatoms. The van der Waals surface area contributed by atoms with Gasteiger partial charge in [-0.2, -0.15) is 0 Å². The second kappa shape index (κ2) is 7.98. The monoisotopic (exact) mass is 312 g/mol. The number of rotatable bonds is 7. The van der Waals surface area contributed by atoms with Gasteiger partial charge in [-0.1, -0.05) is 30.3 Å². The van der Waals surface area contributed by atoms with E-state index in [0.29, 0.717) is 17.9 Å². The number of carbonyl (C=O) groups excluding carboxylic acids is 2. The van der Waals surface area contributed by atoms with Crippen molar-refractivity contribution in [2.75, 3.05) is 6.61 Å². The Bertz CT molecular complexity index is 652. The molecule has 0 radical (unpaired) electrons. The summed E-state index contributed by atoms with van der Waals surface area (Å²) in [4.78, 5) is 23.4. The molecule has 0 saturated carbocycles. The molecule has 0 aliphatic rings. The first-order chi connectivity index (χ1) is 11.1. The quantitative estimate of drug-likeness (QED) is 0.832. The molecule has 0 saturated heterocycles. The van der Waals surface area contributed by atoms with Crippen LogP contribution in [0.2, 0.25) is 0 Å². The minimum atomic E-state index is -1.31. The Kier molecular flexibility index (Phi) is 5.74. The van der Waals surface area contributed by atoms with Crippen molar-refractivity contribution in [3.8, 4) is 5.75 Å². The van der Waals surface area contributed by atoms with Crippen molar-refractivity contribution in [3.05, 3.63) is 65.7 Å². The van der Waals surface area contributed by atoms with Gasteiger partial charge < -0.3 is 20.0 Å². The van der Waals surface area contributed by atoms with Crippen LogP contribution in [0.5, 0.6) is 5.75 Å². The second-order valence-corrected chi connectivity index (χ2v) is 4.99. The number of carboxylic acid groups (broad SMARTS) is 1. The summed E-state index contributed by atoms with van der Waals surface area (Å²) in [5.74, 6) is -1.11. The molecule has 0 heterocycles. The first-order valence-electron chi connectivity index (χ1n) is 7.38. The van der Waals surface area contributed by atoms with E-state index in [1.165, 1.54) is 0 Å². The van der Waals surface area contributed by atoms with Crippen LogP contribution in [0.4, 0.5) is 0 Å². The number of ether oxygens (including phenoxy) is 1. The fraction of sp³-hybridized carbons (Fsp3) is 0.222. The van der Waals surface area contributed by atoms with E-state index in [4.69, 9.17) is 4.74 Å². The van der Waals surface area contributed by atoms with Crippen molar-refractivity contribution >= 4 is 11.9 Å². The SMILES string of the molecule is CCOc1ccc(C(=O)NC(Cc2ccccc2)C(=O)[O-])cc1. The summed E-state index contributed by atoms with van der Waals surface area (Å²) in [6.07, 6.45) is 0.173. The Hall–Kier alpha value is -2.82. The summed E-state index contributed by atoms with van der Waals surface area (Å²) in [6.45, 7) is 2.41. The Labute approximate surface area is 134 Å². The Morgan fingerprint density at radius 2 is 1.74 bits per heavy atom. The lowest BCUT2D eigenvalue weighted by atomic mass is 10.1. The van der Waals surface area contributed by atoms with Gasteiger partial charge in [0.15, 0.2) is 0 Å². The van der Waals surface area contributed by atoms with Gasteiger partial charge in [0.05, 0.1) is 18.6 Å². The maximum absolute atomic E-state index is 12.2. The minimum absolute atomic E-state index is 0.173. The Morgan fingerprint density at radius 3 is 2.30 bits per heavy atom. The second-order valence-electron chi connectivity index (χ2n) is 4.99. The number of carbonyl (C=O) groups is 2. The van der Waals surface area contributed by atoms with Gasteiger partial charge in [0.2, 0.25) is 0 Å². The number of benzene rings is 2. The average molecular weight is 312 g/mol. The summed E-state index contributed by atoms with van der Waals surface area (Å²) in [6, 6.07) is 14.5. The van der Waals surface area contributed by atoms with E-state index in [2.05, 4.69) is 5.32 Å². The van der Waals surface area contributed by atoms with Crippen LogP contribution in [0.3, 0.4) is 0 Å². The third kappa shape index (κ3) is 4.85. The highest BCUT2D eigenvalue weighted by atomic mass is 16.5. The molecule has 2 rings (SSSR count). The molecule has 1 atom stereocenters. The van der Waals surface area contributed by atoms with Gasteiger partial charge in [-0.15, -0.1) is 0 Å². The van der Waals surface area contributed by atoms with Gasteiger partial charge in [-0.05, 0) is 43.2 Å². The highest BCUT2D eigenvalue weighted by Crippen LogP contribution is 2.12. The van der Waals surface area contributed by atoms with Gasteiger partial charge in [0.25, 0.3) is 5.91 Å². The summed E-state index contributed by atoms with van der Waals surface area (Å²) in [7, 11) is 0. The van der Waals surface area contributed by atoms with Crippen molar-refractivity contribution in [1.82, 2.24) is 5.32 Å². The van der Waals surface area contributed by atoms with Crippen LogP contribution in [0, 0.1) is 0 Å². The van der Waals surface area contributed by atoms with Gasteiger partial charge in [0.1, 0.15) is 5.75 Å². The lowest BCUT2D eigenvalue weighted by Gasteiger charge is -2.20. The van der Waals surface area contributed by atoms with E-state index in [9.17, 15) is 14.7 Å². The maximum Gasteiger partial charge on any atom is 0.251 e. The fourth-order valence-corrected chi connectivity index (χ4v) is 2.15. The van der Waals surface area contributed by atoms with Crippen LogP contribution in [-0.4, -0.2) is 24.5 Å². The van der Waals surface area contributed by atoms with E-state index in [0.717, 1.165) is 5.56 Å². The van der Waals surface area contributed by atoms with Crippen LogP contribution in [0.25, 0.3) is 0 Å². The molecule has 2 aromatic rings. The Morgan fingerprint density at radius 1 is 1.09 bits per heavy atom. The standard InChI is InChI=1S/C18H19NO4/c1-2-23-15-10-8-14(9-11-15)17(20)19-16(18(21)22)12-13-6-4-3-5-7-13/h3-11,16H,2,12H2,1H3,(H,19,20)(H,21,22)/p-1. The normalized spacial score (nSPS) is 11.5. The number of amides is 1. The molecule has 1 unspecified atom stereocenters.